The molecule has 0 spiro atoms. The molecule has 0 atom stereocenters. The molecule has 4 aromatic rings. The second kappa shape index (κ2) is 12.1. The van der Waals surface area contributed by atoms with Gasteiger partial charge in [-0.1, -0.05) is 54.1 Å². The fraction of sp³-hybridized carbons (Fsp3) is 0.250. The molecule has 0 unspecified atom stereocenters. The molecule has 0 bridgehead atoms. The average Bonchev–Trinajstić information content (AvgIpc) is 3.42. The Hall–Kier alpha value is -4.28. The second-order valence-electron chi connectivity index (χ2n) is 9.26. The highest BCUT2D eigenvalue weighted by Gasteiger charge is 2.23. The van der Waals surface area contributed by atoms with Gasteiger partial charge in [-0.25, -0.2) is 14.8 Å². The van der Waals surface area contributed by atoms with E-state index < -0.39 is 5.97 Å². The number of aromatic carboxylic acids is 1. The summed E-state index contributed by atoms with van der Waals surface area (Å²) < 4.78 is 7.34. The number of esters is 1. The molecule has 1 aliphatic heterocycles. The summed E-state index contributed by atoms with van der Waals surface area (Å²) in [5, 5.41) is 17.2. The summed E-state index contributed by atoms with van der Waals surface area (Å²) in [5.74, 6) is -0.871. The number of carboxylic acids is 1. The third kappa shape index (κ3) is 6.78. The Morgan fingerprint density at radius 3 is 2.51 bits per heavy atom. The summed E-state index contributed by atoms with van der Waals surface area (Å²) in [7, 11) is 0. The summed E-state index contributed by atoms with van der Waals surface area (Å²) in [6, 6.07) is 16.2. The van der Waals surface area contributed by atoms with Gasteiger partial charge in [0.05, 0.1) is 46.9 Å². The van der Waals surface area contributed by atoms with Crippen molar-refractivity contribution in [2.45, 2.75) is 25.5 Å². The first kappa shape index (κ1) is 26.3. The number of carbonyl (C=O) groups is 2. The number of hydrogen-bond donors (Lipinski definition) is 2. The maximum atomic E-state index is 12.3. The highest BCUT2D eigenvalue weighted by Crippen LogP contribution is 2.28. The number of carbonyl (C=O) groups excluding carboxylic acids is 1. The van der Waals surface area contributed by atoms with Crippen LogP contribution in [0.25, 0.3) is 11.3 Å². The minimum Gasteiger partial charge on any atom is -0.478 e. The molecule has 200 valence electrons. The Kier molecular flexibility index (Phi) is 8.14. The van der Waals surface area contributed by atoms with Crippen LogP contribution in [0.2, 0.25) is 5.02 Å². The molecule has 1 saturated heterocycles. The van der Waals surface area contributed by atoms with E-state index in [2.05, 4.69) is 25.3 Å². The van der Waals surface area contributed by atoms with Gasteiger partial charge < -0.3 is 15.2 Å². The number of ether oxygens (including phenoxy) is 1. The summed E-state index contributed by atoms with van der Waals surface area (Å²) in [6.45, 7) is 2.12. The topological polar surface area (TPSA) is 122 Å². The Morgan fingerprint density at radius 2 is 1.79 bits per heavy atom. The third-order valence-corrected chi connectivity index (χ3v) is 6.81. The zero-order valence-corrected chi connectivity index (χ0v) is 21.8. The molecular weight excluding hydrogens is 520 g/mol. The van der Waals surface area contributed by atoms with Gasteiger partial charge in [0.1, 0.15) is 6.61 Å². The van der Waals surface area contributed by atoms with Gasteiger partial charge in [-0.15, -0.1) is 0 Å². The van der Waals surface area contributed by atoms with E-state index in [9.17, 15) is 9.59 Å². The van der Waals surface area contributed by atoms with Gasteiger partial charge in [-0.05, 0) is 30.5 Å². The van der Waals surface area contributed by atoms with Crippen LogP contribution in [0.3, 0.4) is 0 Å². The van der Waals surface area contributed by atoms with E-state index in [4.69, 9.17) is 21.4 Å². The molecular formula is C28H27ClN6O4. The van der Waals surface area contributed by atoms with Crippen LogP contribution < -0.4 is 5.32 Å². The Bertz CT molecular complexity index is 1440. The van der Waals surface area contributed by atoms with Crippen molar-refractivity contribution >= 4 is 35.2 Å². The standard InChI is InChI=1S/C28H27ClN6O4/c29-24-15-30-28(33-26(24)20-6-8-21(9-7-20)27(37)38)32-22-14-31-35(16-22)23-10-12-34(13-11-23)17-25(36)39-18-19-4-2-1-3-5-19/h1-9,14-16,23H,10-13,17-18H2,(H,37,38)(H,30,32,33). The molecule has 0 radical (unpaired) electrons. The number of piperidine rings is 1. The highest BCUT2D eigenvalue weighted by molar-refractivity contribution is 6.32. The first-order chi connectivity index (χ1) is 18.9. The highest BCUT2D eigenvalue weighted by atomic mass is 35.5. The predicted molar refractivity (Wildman–Crippen MR) is 146 cm³/mol. The van der Waals surface area contributed by atoms with Crippen LogP contribution in [-0.2, 0) is 16.1 Å². The van der Waals surface area contributed by atoms with Gasteiger partial charge in [0.15, 0.2) is 0 Å². The number of carboxylic acid groups (broad SMARTS) is 1. The lowest BCUT2D eigenvalue weighted by Crippen LogP contribution is -2.38. The summed E-state index contributed by atoms with van der Waals surface area (Å²) in [6.07, 6.45) is 6.85. The van der Waals surface area contributed by atoms with E-state index in [-0.39, 0.29) is 30.7 Å². The molecule has 5 rings (SSSR count). The van der Waals surface area contributed by atoms with E-state index in [1.54, 1.807) is 18.3 Å². The molecule has 3 heterocycles. The molecule has 39 heavy (non-hydrogen) atoms. The fourth-order valence-corrected chi connectivity index (χ4v) is 4.64. The number of nitrogens with zero attached hydrogens (tertiary/aromatic N) is 5. The number of rotatable bonds is 9. The number of halogens is 1. The lowest BCUT2D eigenvalue weighted by Gasteiger charge is -2.31. The van der Waals surface area contributed by atoms with Crippen molar-refractivity contribution < 1.29 is 19.4 Å². The molecule has 2 aromatic heterocycles. The first-order valence-electron chi connectivity index (χ1n) is 12.5. The van der Waals surface area contributed by atoms with Crippen molar-refractivity contribution in [3.05, 3.63) is 89.3 Å². The maximum absolute atomic E-state index is 12.3. The lowest BCUT2D eigenvalue weighted by atomic mass is 10.1. The molecule has 0 saturated carbocycles. The number of benzene rings is 2. The zero-order chi connectivity index (χ0) is 27.2. The quantitative estimate of drug-likeness (QED) is 0.284. The van der Waals surface area contributed by atoms with Crippen LogP contribution in [0.4, 0.5) is 11.6 Å². The zero-order valence-electron chi connectivity index (χ0n) is 21.0. The second-order valence-corrected chi connectivity index (χ2v) is 9.67. The Balaban J connectivity index is 1.14. The normalized spacial score (nSPS) is 14.2. The number of nitrogens with one attached hydrogen (secondary N) is 1. The van der Waals surface area contributed by atoms with Crippen LogP contribution >= 0.6 is 11.6 Å². The largest absolute Gasteiger partial charge is 0.478 e. The number of anilines is 2. The van der Waals surface area contributed by atoms with E-state index in [1.807, 2.05) is 41.2 Å². The Labute approximate surface area is 230 Å². The molecule has 1 fully saturated rings. The summed E-state index contributed by atoms with van der Waals surface area (Å²) in [4.78, 5) is 34.3. The van der Waals surface area contributed by atoms with E-state index >= 15 is 0 Å². The van der Waals surface area contributed by atoms with Crippen LogP contribution in [0.1, 0.15) is 34.8 Å². The minimum absolute atomic E-state index is 0.184. The lowest BCUT2D eigenvalue weighted by molar-refractivity contribution is -0.146. The van der Waals surface area contributed by atoms with Gasteiger partial charge in [0.2, 0.25) is 5.95 Å². The van der Waals surface area contributed by atoms with Crippen molar-refractivity contribution in [1.82, 2.24) is 24.6 Å². The predicted octanol–water partition coefficient (Wildman–Crippen LogP) is 4.82. The van der Waals surface area contributed by atoms with E-state index in [0.717, 1.165) is 37.2 Å². The van der Waals surface area contributed by atoms with Gasteiger partial charge in [0.25, 0.3) is 0 Å². The third-order valence-electron chi connectivity index (χ3n) is 6.53. The summed E-state index contributed by atoms with van der Waals surface area (Å²) >= 11 is 6.31. The number of likely N-dealkylation sites (tertiary alicyclic amines) is 1. The van der Waals surface area contributed by atoms with E-state index in [0.29, 0.717) is 22.2 Å². The molecule has 0 amide bonds. The fourth-order valence-electron chi connectivity index (χ4n) is 4.44. The van der Waals surface area contributed by atoms with Crippen LogP contribution in [0, 0.1) is 0 Å². The smallest absolute Gasteiger partial charge is 0.335 e. The molecule has 2 N–H and O–H groups in total. The van der Waals surface area contributed by atoms with Crippen LogP contribution in [0.5, 0.6) is 0 Å². The van der Waals surface area contributed by atoms with Crippen molar-refractivity contribution in [3.8, 4) is 11.3 Å². The SMILES string of the molecule is O=C(CN1CCC(n2cc(Nc3ncc(Cl)c(-c4ccc(C(=O)O)cc4)n3)cn2)CC1)OCc1ccccc1. The van der Waals surface area contributed by atoms with Gasteiger partial charge in [-0.2, -0.15) is 5.10 Å². The summed E-state index contributed by atoms with van der Waals surface area (Å²) in [5.41, 5.74) is 3.07. The number of hydrogen-bond acceptors (Lipinski definition) is 8. The van der Waals surface area contributed by atoms with Crippen molar-refractivity contribution in [2.75, 3.05) is 25.0 Å². The van der Waals surface area contributed by atoms with Crippen molar-refractivity contribution in [1.29, 1.82) is 0 Å². The monoisotopic (exact) mass is 546 g/mol. The maximum Gasteiger partial charge on any atom is 0.335 e. The minimum atomic E-state index is -0.998. The van der Waals surface area contributed by atoms with Gasteiger partial charge >= 0.3 is 11.9 Å². The molecule has 1 aliphatic rings. The molecule has 10 nitrogen and oxygen atoms in total. The molecule has 2 aromatic carbocycles. The molecule has 0 aliphatic carbocycles. The molecule has 11 heteroatoms. The van der Waals surface area contributed by atoms with Gasteiger partial charge in [-0.3, -0.25) is 14.4 Å². The average molecular weight is 547 g/mol. The number of aromatic nitrogens is 4. The van der Waals surface area contributed by atoms with Crippen LogP contribution in [-0.4, -0.2) is 61.3 Å². The van der Waals surface area contributed by atoms with Crippen LogP contribution in [0.15, 0.2) is 73.2 Å². The van der Waals surface area contributed by atoms with Crippen molar-refractivity contribution in [2.24, 2.45) is 0 Å². The Morgan fingerprint density at radius 1 is 1.05 bits per heavy atom. The van der Waals surface area contributed by atoms with Gasteiger partial charge in [0, 0.05) is 24.8 Å². The van der Waals surface area contributed by atoms with E-state index in [1.165, 1.54) is 18.3 Å². The van der Waals surface area contributed by atoms with Crippen molar-refractivity contribution in [3.63, 3.8) is 0 Å². The first-order valence-corrected chi connectivity index (χ1v) is 12.9.